The first-order chi connectivity index (χ1) is 6.72. The molecule has 0 unspecified atom stereocenters. The molecule has 0 spiro atoms. The van der Waals surface area contributed by atoms with Gasteiger partial charge in [0.25, 0.3) is 0 Å². The van der Waals surface area contributed by atoms with Gasteiger partial charge < -0.3 is 11.5 Å². The van der Waals surface area contributed by atoms with E-state index in [9.17, 15) is 0 Å². The molecule has 0 atom stereocenters. The highest BCUT2D eigenvalue weighted by Crippen LogP contribution is 2.17. The lowest BCUT2D eigenvalue weighted by molar-refractivity contribution is 0.960. The molecule has 1 aromatic rings. The lowest BCUT2D eigenvalue weighted by Gasteiger charge is -2.01. The minimum atomic E-state index is 0.400. The van der Waals surface area contributed by atoms with E-state index in [-0.39, 0.29) is 0 Å². The topological polar surface area (TPSA) is 77.8 Å². The molecule has 74 valence electrons. The fourth-order valence-electron chi connectivity index (χ4n) is 0.864. The molecule has 0 radical (unpaired) electrons. The summed E-state index contributed by atoms with van der Waals surface area (Å²) in [5.74, 6) is 4.26. The first kappa shape index (κ1) is 10.7. The van der Waals surface area contributed by atoms with Crippen molar-refractivity contribution in [2.24, 2.45) is 0 Å². The molecule has 0 saturated carbocycles. The Kier molecular flexibility index (Phi) is 4.08. The van der Waals surface area contributed by atoms with E-state index in [0.717, 1.165) is 18.6 Å². The number of terminal acetylenes is 1. The quantitative estimate of drug-likeness (QED) is 0.336. The average Bonchev–Trinajstić information content (AvgIpc) is 2.11. The molecule has 0 saturated heterocycles. The van der Waals surface area contributed by atoms with Gasteiger partial charge in [-0.1, -0.05) is 11.8 Å². The van der Waals surface area contributed by atoms with Crippen LogP contribution in [-0.2, 0) is 0 Å². The summed E-state index contributed by atoms with van der Waals surface area (Å²) in [5.41, 5.74) is 11.0. The predicted octanol–water partition coefficient (Wildman–Crippen LogP) is 1.15. The molecule has 4 nitrogen and oxygen atoms in total. The van der Waals surface area contributed by atoms with Gasteiger partial charge >= 0.3 is 0 Å². The van der Waals surface area contributed by atoms with Crippen molar-refractivity contribution in [1.29, 1.82) is 0 Å². The molecular formula is C9H12N4S. The van der Waals surface area contributed by atoms with Gasteiger partial charge in [0.15, 0.2) is 5.16 Å². The summed E-state index contributed by atoms with van der Waals surface area (Å²) in [4.78, 5) is 8.06. The minimum absolute atomic E-state index is 0.400. The molecule has 0 aliphatic carbocycles. The van der Waals surface area contributed by atoms with E-state index >= 15 is 0 Å². The van der Waals surface area contributed by atoms with Crippen LogP contribution in [0.4, 0.5) is 11.6 Å². The van der Waals surface area contributed by atoms with Gasteiger partial charge in [-0.3, -0.25) is 0 Å². The van der Waals surface area contributed by atoms with Crippen LogP contribution in [0.5, 0.6) is 0 Å². The second-order valence-corrected chi connectivity index (χ2v) is 3.72. The highest BCUT2D eigenvalue weighted by molar-refractivity contribution is 7.99. The highest BCUT2D eigenvalue weighted by Gasteiger charge is 2.00. The Morgan fingerprint density at radius 3 is 2.57 bits per heavy atom. The Labute approximate surface area is 87.5 Å². The van der Waals surface area contributed by atoms with Crippen LogP contribution in [0.2, 0.25) is 0 Å². The number of nitrogens with zero attached hydrogens (tertiary/aromatic N) is 2. The molecule has 0 fully saturated rings. The molecule has 4 N–H and O–H groups in total. The Morgan fingerprint density at radius 2 is 2.00 bits per heavy atom. The largest absolute Gasteiger partial charge is 0.383 e. The average molecular weight is 208 g/mol. The van der Waals surface area contributed by atoms with Gasteiger partial charge in [-0.15, -0.1) is 12.3 Å². The van der Waals surface area contributed by atoms with Gasteiger partial charge in [0.1, 0.15) is 11.6 Å². The predicted molar refractivity (Wildman–Crippen MR) is 59.6 cm³/mol. The molecule has 0 aliphatic heterocycles. The van der Waals surface area contributed by atoms with Crippen LogP contribution in [0.3, 0.4) is 0 Å². The molecule has 0 bridgehead atoms. The monoisotopic (exact) mass is 208 g/mol. The van der Waals surface area contributed by atoms with Crippen molar-refractivity contribution < 1.29 is 0 Å². The van der Waals surface area contributed by atoms with E-state index in [0.29, 0.717) is 16.8 Å². The molecule has 1 heterocycles. The summed E-state index contributed by atoms with van der Waals surface area (Å²) >= 11 is 1.51. The maximum atomic E-state index is 5.51. The van der Waals surface area contributed by atoms with Gasteiger partial charge in [-0.2, -0.15) is 0 Å². The van der Waals surface area contributed by atoms with Crippen LogP contribution >= 0.6 is 11.8 Å². The number of aromatic nitrogens is 2. The number of hydrogen-bond acceptors (Lipinski definition) is 5. The van der Waals surface area contributed by atoms with E-state index in [2.05, 4.69) is 15.9 Å². The Balaban J connectivity index is 2.47. The molecule has 14 heavy (non-hydrogen) atoms. The third-order valence-electron chi connectivity index (χ3n) is 1.44. The van der Waals surface area contributed by atoms with Crippen LogP contribution in [0.1, 0.15) is 12.8 Å². The summed E-state index contributed by atoms with van der Waals surface area (Å²) < 4.78 is 0. The minimum Gasteiger partial charge on any atom is -0.383 e. The normalized spacial score (nSPS) is 9.64. The number of nitrogens with two attached hydrogens (primary N) is 2. The summed E-state index contributed by atoms with van der Waals surface area (Å²) in [5, 5.41) is 0.611. The maximum absolute atomic E-state index is 5.51. The third-order valence-corrected chi connectivity index (χ3v) is 2.38. The van der Waals surface area contributed by atoms with E-state index in [1.54, 1.807) is 0 Å². The van der Waals surface area contributed by atoms with Crippen molar-refractivity contribution >= 4 is 23.4 Å². The fourth-order valence-corrected chi connectivity index (χ4v) is 1.68. The summed E-state index contributed by atoms with van der Waals surface area (Å²) in [6, 6.07) is 1.53. The first-order valence-electron chi connectivity index (χ1n) is 4.18. The molecule has 5 heteroatoms. The number of nitrogen functional groups attached to an aromatic ring is 2. The SMILES string of the molecule is C#CCCCSc1nc(N)cc(N)n1. The molecule has 1 aromatic heterocycles. The van der Waals surface area contributed by atoms with Crippen LogP contribution in [0.25, 0.3) is 0 Å². The summed E-state index contributed by atoms with van der Waals surface area (Å²) in [6.07, 6.45) is 6.84. The molecule has 0 aliphatic rings. The van der Waals surface area contributed by atoms with Gasteiger partial charge in [-0.05, 0) is 6.42 Å². The van der Waals surface area contributed by atoms with E-state index in [1.165, 1.54) is 17.8 Å². The second kappa shape index (κ2) is 5.35. The van der Waals surface area contributed by atoms with Crippen molar-refractivity contribution in [3.8, 4) is 12.3 Å². The smallest absolute Gasteiger partial charge is 0.191 e. The van der Waals surface area contributed by atoms with E-state index in [4.69, 9.17) is 17.9 Å². The van der Waals surface area contributed by atoms with Crippen molar-refractivity contribution in [2.75, 3.05) is 17.2 Å². The van der Waals surface area contributed by atoms with Crippen LogP contribution in [0, 0.1) is 12.3 Å². The Morgan fingerprint density at radius 1 is 1.36 bits per heavy atom. The first-order valence-corrected chi connectivity index (χ1v) is 5.17. The van der Waals surface area contributed by atoms with Crippen LogP contribution in [-0.4, -0.2) is 15.7 Å². The van der Waals surface area contributed by atoms with Gasteiger partial charge in [-0.25, -0.2) is 9.97 Å². The zero-order valence-corrected chi connectivity index (χ0v) is 8.55. The van der Waals surface area contributed by atoms with Crippen LogP contribution < -0.4 is 11.5 Å². The summed E-state index contributed by atoms with van der Waals surface area (Å²) in [7, 11) is 0. The molecule has 0 amide bonds. The second-order valence-electron chi connectivity index (χ2n) is 2.66. The molecule has 1 rings (SSSR count). The number of anilines is 2. The van der Waals surface area contributed by atoms with Crippen molar-refractivity contribution in [1.82, 2.24) is 9.97 Å². The summed E-state index contributed by atoms with van der Waals surface area (Å²) in [6.45, 7) is 0. The van der Waals surface area contributed by atoms with Crippen molar-refractivity contribution in [2.45, 2.75) is 18.0 Å². The fraction of sp³-hybridized carbons (Fsp3) is 0.333. The Hall–Kier alpha value is -1.41. The van der Waals surface area contributed by atoms with E-state index in [1.807, 2.05) is 0 Å². The van der Waals surface area contributed by atoms with Gasteiger partial charge in [0.05, 0.1) is 0 Å². The number of unbranched alkanes of at least 4 members (excludes halogenated alkanes) is 1. The number of hydrogen-bond donors (Lipinski definition) is 2. The molecule has 0 aromatic carbocycles. The van der Waals surface area contributed by atoms with Crippen LogP contribution in [0.15, 0.2) is 11.2 Å². The highest BCUT2D eigenvalue weighted by atomic mass is 32.2. The van der Waals surface area contributed by atoms with E-state index < -0.39 is 0 Å². The third kappa shape index (κ3) is 3.54. The number of rotatable bonds is 4. The Bertz CT molecular complexity index is 325. The number of thioether (sulfide) groups is 1. The molecular weight excluding hydrogens is 196 g/mol. The maximum Gasteiger partial charge on any atom is 0.191 e. The van der Waals surface area contributed by atoms with Gasteiger partial charge in [0, 0.05) is 18.2 Å². The van der Waals surface area contributed by atoms with Gasteiger partial charge in [0.2, 0.25) is 0 Å². The standard InChI is InChI=1S/C9H12N4S/c1-2-3-4-5-14-9-12-7(10)6-8(11)13-9/h1,6H,3-5H2,(H4,10,11,12,13). The van der Waals surface area contributed by atoms with Crippen molar-refractivity contribution in [3.63, 3.8) is 0 Å². The lowest BCUT2D eigenvalue weighted by atomic mass is 10.4. The van der Waals surface area contributed by atoms with Crippen molar-refractivity contribution in [3.05, 3.63) is 6.07 Å². The zero-order valence-electron chi connectivity index (χ0n) is 7.73. The lowest BCUT2D eigenvalue weighted by Crippen LogP contribution is -1.99. The zero-order chi connectivity index (χ0) is 10.4.